The summed E-state index contributed by atoms with van der Waals surface area (Å²) in [5.41, 5.74) is 1.42. The van der Waals surface area contributed by atoms with E-state index < -0.39 is 0 Å². The van der Waals surface area contributed by atoms with E-state index in [1.165, 1.54) is 0 Å². The molecule has 0 aromatic carbocycles. The van der Waals surface area contributed by atoms with Crippen LogP contribution in [0.1, 0.15) is 24.7 Å². The van der Waals surface area contributed by atoms with E-state index >= 15 is 0 Å². The van der Waals surface area contributed by atoms with Crippen molar-refractivity contribution in [1.29, 1.82) is 0 Å². The molecule has 1 aromatic heterocycles. The highest BCUT2D eigenvalue weighted by molar-refractivity contribution is 5.07. The van der Waals surface area contributed by atoms with Crippen LogP contribution < -0.4 is 0 Å². The van der Waals surface area contributed by atoms with Crippen LogP contribution in [0.2, 0.25) is 0 Å². The fourth-order valence-electron chi connectivity index (χ4n) is 1.43. The van der Waals surface area contributed by atoms with Crippen molar-refractivity contribution in [2.75, 3.05) is 20.3 Å². The number of aryl methyl sites for hydroxylation is 1. The fourth-order valence-corrected chi connectivity index (χ4v) is 1.43. The summed E-state index contributed by atoms with van der Waals surface area (Å²) in [5, 5.41) is 16.9. The Labute approximate surface area is 95.2 Å². The van der Waals surface area contributed by atoms with E-state index in [1.54, 1.807) is 11.8 Å². The maximum absolute atomic E-state index is 9.07. The van der Waals surface area contributed by atoms with E-state index in [0.29, 0.717) is 18.9 Å². The van der Waals surface area contributed by atoms with Crippen LogP contribution in [0.25, 0.3) is 0 Å². The van der Waals surface area contributed by atoms with Crippen LogP contribution in [0, 0.1) is 0 Å². The Morgan fingerprint density at radius 3 is 2.88 bits per heavy atom. The van der Waals surface area contributed by atoms with Gasteiger partial charge in [-0.2, -0.15) is 0 Å². The molecule has 0 aliphatic heterocycles. The summed E-state index contributed by atoms with van der Waals surface area (Å²) in [4.78, 5) is 0. The second-order valence-corrected chi connectivity index (χ2v) is 3.35. The molecule has 6 nitrogen and oxygen atoms in total. The van der Waals surface area contributed by atoms with Gasteiger partial charge in [0.15, 0.2) is 0 Å². The molecule has 0 unspecified atom stereocenters. The average molecular weight is 229 g/mol. The molecule has 0 amide bonds. The number of nitrogens with zero attached hydrogens (tertiary/aromatic N) is 3. The van der Waals surface area contributed by atoms with Crippen molar-refractivity contribution in [2.24, 2.45) is 0 Å². The molecule has 1 rings (SSSR count). The van der Waals surface area contributed by atoms with Gasteiger partial charge in [-0.1, -0.05) is 5.21 Å². The van der Waals surface area contributed by atoms with Crippen LogP contribution in [0.3, 0.4) is 0 Å². The summed E-state index contributed by atoms with van der Waals surface area (Å²) in [6, 6.07) is 0. The van der Waals surface area contributed by atoms with Gasteiger partial charge in [0.2, 0.25) is 0 Å². The predicted molar refractivity (Wildman–Crippen MR) is 57.8 cm³/mol. The molecule has 0 bridgehead atoms. The lowest BCUT2D eigenvalue weighted by Gasteiger charge is -2.06. The molecular formula is C10H19N3O3. The lowest BCUT2D eigenvalue weighted by molar-refractivity contribution is 0.138. The molecule has 1 N–H and O–H groups in total. The molecule has 6 heteroatoms. The van der Waals surface area contributed by atoms with Crippen molar-refractivity contribution in [1.82, 2.24) is 15.0 Å². The Morgan fingerprint density at radius 1 is 1.44 bits per heavy atom. The van der Waals surface area contributed by atoms with Gasteiger partial charge in [0.1, 0.15) is 5.69 Å². The zero-order valence-electron chi connectivity index (χ0n) is 9.85. The van der Waals surface area contributed by atoms with Crippen LogP contribution in [0.15, 0.2) is 0 Å². The average Bonchev–Trinajstić information content (AvgIpc) is 2.68. The van der Waals surface area contributed by atoms with E-state index in [1.807, 2.05) is 6.92 Å². The van der Waals surface area contributed by atoms with Crippen molar-refractivity contribution < 1.29 is 14.6 Å². The molecule has 92 valence electrons. The van der Waals surface area contributed by atoms with E-state index in [4.69, 9.17) is 14.6 Å². The van der Waals surface area contributed by atoms with Gasteiger partial charge >= 0.3 is 0 Å². The minimum atomic E-state index is -0.107. The highest BCUT2D eigenvalue weighted by Gasteiger charge is 2.11. The molecule has 0 atom stereocenters. The minimum absolute atomic E-state index is 0.107. The zero-order chi connectivity index (χ0) is 11.8. The third kappa shape index (κ3) is 3.55. The summed E-state index contributed by atoms with van der Waals surface area (Å²) in [6.45, 7) is 4.43. The van der Waals surface area contributed by atoms with Gasteiger partial charge in [-0.3, -0.25) is 0 Å². The quantitative estimate of drug-likeness (QED) is 0.651. The van der Waals surface area contributed by atoms with Gasteiger partial charge in [0.25, 0.3) is 0 Å². The molecule has 0 fully saturated rings. The summed E-state index contributed by atoms with van der Waals surface area (Å²) in [5.74, 6) is 0. The second kappa shape index (κ2) is 7.32. The first-order valence-electron chi connectivity index (χ1n) is 5.42. The van der Waals surface area contributed by atoms with E-state index in [2.05, 4.69) is 10.3 Å². The van der Waals surface area contributed by atoms with Gasteiger partial charge in [0, 0.05) is 26.9 Å². The maximum atomic E-state index is 9.07. The number of hydrogen-bond acceptors (Lipinski definition) is 5. The van der Waals surface area contributed by atoms with Gasteiger partial charge in [0.05, 0.1) is 18.9 Å². The first-order chi connectivity index (χ1) is 7.83. The SMILES string of the molecule is CCOCCCn1nnc(CO)c1COC. The topological polar surface area (TPSA) is 69.4 Å². The highest BCUT2D eigenvalue weighted by atomic mass is 16.5. The molecule has 0 aliphatic rings. The molecular weight excluding hydrogens is 210 g/mol. The number of methoxy groups -OCH3 is 1. The Morgan fingerprint density at radius 2 is 2.25 bits per heavy atom. The number of hydrogen-bond donors (Lipinski definition) is 1. The van der Waals surface area contributed by atoms with Gasteiger partial charge in [-0.25, -0.2) is 4.68 Å². The third-order valence-electron chi connectivity index (χ3n) is 2.21. The van der Waals surface area contributed by atoms with Crippen molar-refractivity contribution in [3.05, 3.63) is 11.4 Å². The Hall–Kier alpha value is -0.980. The Kier molecular flexibility index (Phi) is 5.99. The molecule has 0 spiro atoms. The predicted octanol–water partition coefficient (Wildman–Crippen LogP) is 0.343. The van der Waals surface area contributed by atoms with Crippen molar-refractivity contribution in [2.45, 2.75) is 33.1 Å². The van der Waals surface area contributed by atoms with Gasteiger partial charge in [-0.15, -0.1) is 5.10 Å². The van der Waals surface area contributed by atoms with Gasteiger partial charge < -0.3 is 14.6 Å². The van der Waals surface area contributed by atoms with E-state index in [-0.39, 0.29) is 6.61 Å². The normalized spacial score (nSPS) is 10.9. The third-order valence-corrected chi connectivity index (χ3v) is 2.21. The van der Waals surface area contributed by atoms with Crippen LogP contribution in [0.5, 0.6) is 0 Å². The largest absolute Gasteiger partial charge is 0.390 e. The Bertz CT molecular complexity index is 301. The molecule has 1 aromatic rings. The first-order valence-corrected chi connectivity index (χ1v) is 5.42. The maximum Gasteiger partial charge on any atom is 0.114 e. The number of aliphatic hydroxyl groups excluding tert-OH is 1. The minimum Gasteiger partial charge on any atom is -0.390 e. The standard InChI is InChI=1S/C10H19N3O3/c1-3-16-6-4-5-13-10(8-15-2)9(7-14)11-12-13/h14H,3-8H2,1-2H3. The van der Waals surface area contributed by atoms with Crippen LogP contribution in [-0.2, 0) is 29.2 Å². The van der Waals surface area contributed by atoms with Crippen molar-refractivity contribution >= 4 is 0 Å². The summed E-state index contributed by atoms with van der Waals surface area (Å²) in [6.07, 6.45) is 0.874. The molecule has 0 saturated carbocycles. The molecule has 0 aliphatic carbocycles. The van der Waals surface area contributed by atoms with Crippen LogP contribution >= 0.6 is 0 Å². The second-order valence-electron chi connectivity index (χ2n) is 3.35. The van der Waals surface area contributed by atoms with Crippen LogP contribution in [0.4, 0.5) is 0 Å². The molecule has 0 radical (unpaired) electrons. The fraction of sp³-hybridized carbons (Fsp3) is 0.800. The summed E-state index contributed by atoms with van der Waals surface area (Å²) < 4.78 is 12.1. The monoisotopic (exact) mass is 229 g/mol. The lowest BCUT2D eigenvalue weighted by atomic mass is 10.3. The Balaban J connectivity index is 2.53. The van der Waals surface area contributed by atoms with Gasteiger partial charge in [-0.05, 0) is 13.3 Å². The number of aromatic nitrogens is 3. The van der Waals surface area contributed by atoms with Crippen molar-refractivity contribution in [3.8, 4) is 0 Å². The summed E-state index contributed by atoms with van der Waals surface area (Å²) in [7, 11) is 1.61. The molecule has 16 heavy (non-hydrogen) atoms. The van der Waals surface area contributed by atoms with Crippen molar-refractivity contribution in [3.63, 3.8) is 0 Å². The number of rotatable bonds is 8. The molecule has 0 saturated heterocycles. The van der Waals surface area contributed by atoms with E-state index in [0.717, 1.165) is 25.3 Å². The summed E-state index contributed by atoms with van der Waals surface area (Å²) >= 11 is 0. The van der Waals surface area contributed by atoms with Crippen LogP contribution in [-0.4, -0.2) is 40.4 Å². The number of ether oxygens (including phenoxy) is 2. The number of aliphatic hydroxyl groups is 1. The highest BCUT2D eigenvalue weighted by Crippen LogP contribution is 2.07. The van der Waals surface area contributed by atoms with E-state index in [9.17, 15) is 0 Å². The smallest absolute Gasteiger partial charge is 0.114 e. The zero-order valence-corrected chi connectivity index (χ0v) is 9.85. The molecule has 1 heterocycles. The lowest BCUT2D eigenvalue weighted by Crippen LogP contribution is -2.09. The first kappa shape index (κ1) is 13.1.